The lowest BCUT2D eigenvalue weighted by Gasteiger charge is -2.04. The zero-order valence-electron chi connectivity index (χ0n) is 11.4. The Balaban J connectivity index is 2.27. The maximum atomic E-state index is 11.9. The summed E-state index contributed by atoms with van der Waals surface area (Å²) >= 11 is 1.26. The van der Waals surface area contributed by atoms with E-state index in [1.54, 1.807) is 5.38 Å². The van der Waals surface area contributed by atoms with E-state index in [4.69, 9.17) is 5.11 Å². The SMILES string of the molecule is CCCCCCCCNS(=O)(=O)c1csc(CO)c1. The van der Waals surface area contributed by atoms with Crippen LogP contribution in [0.4, 0.5) is 0 Å². The second-order valence-electron chi connectivity index (χ2n) is 4.57. The third-order valence-electron chi connectivity index (χ3n) is 2.92. The van der Waals surface area contributed by atoms with Crippen molar-refractivity contribution in [2.24, 2.45) is 0 Å². The van der Waals surface area contributed by atoms with Gasteiger partial charge in [0.25, 0.3) is 0 Å². The lowest BCUT2D eigenvalue weighted by molar-refractivity contribution is 0.285. The molecule has 4 nitrogen and oxygen atoms in total. The van der Waals surface area contributed by atoms with E-state index in [0.717, 1.165) is 12.8 Å². The molecule has 0 radical (unpaired) electrons. The van der Waals surface area contributed by atoms with Crippen molar-refractivity contribution < 1.29 is 13.5 Å². The van der Waals surface area contributed by atoms with E-state index in [1.807, 2.05) is 0 Å². The first-order valence-electron chi connectivity index (χ1n) is 6.78. The van der Waals surface area contributed by atoms with E-state index in [9.17, 15) is 8.42 Å². The fourth-order valence-electron chi connectivity index (χ4n) is 1.78. The Hall–Kier alpha value is -0.430. The maximum Gasteiger partial charge on any atom is 0.241 e. The molecule has 19 heavy (non-hydrogen) atoms. The monoisotopic (exact) mass is 305 g/mol. The third-order valence-corrected chi connectivity index (χ3v) is 5.43. The first-order valence-corrected chi connectivity index (χ1v) is 9.14. The molecule has 0 fully saturated rings. The summed E-state index contributed by atoms with van der Waals surface area (Å²) in [6.45, 7) is 2.55. The summed E-state index contributed by atoms with van der Waals surface area (Å²) in [6.07, 6.45) is 6.81. The van der Waals surface area contributed by atoms with Gasteiger partial charge in [-0.15, -0.1) is 11.3 Å². The van der Waals surface area contributed by atoms with Gasteiger partial charge in [-0.1, -0.05) is 39.0 Å². The number of unbranched alkanes of at least 4 members (excludes halogenated alkanes) is 5. The van der Waals surface area contributed by atoms with E-state index in [0.29, 0.717) is 11.4 Å². The average molecular weight is 305 g/mol. The molecular formula is C13H23NO3S2. The van der Waals surface area contributed by atoms with Crippen LogP contribution in [0.15, 0.2) is 16.3 Å². The summed E-state index contributed by atoms with van der Waals surface area (Å²) in [5.41, 5.74) is 0. The molecule has 0 aliphatic carbocycles. The molecule has 0 aliphatic heterocycles. The Morgan fingerprint density at radius 1 is 1.21 bits per heavy atom. The first-order chi connectivity index (χ1) is 9.10. The van der Waals surface area contributed by atoms with Gasteiger partial charge in [0.15, 0.2) is 0 Å². The largest absolute Gasteiger partial charge is 0.391 e. The summed E-state index contributed by atoms with van der Waals surface area (Å²) in [5, 5.41) is 10.5. The van der Waals surface area contributed by atoms with E-state index in [1.165, 1.54) is 43.1 Å². The lowest BCUT2D eigenvalue weighted by atomic mass is 10.1. The van der Waals surface area contributed by atoms with Gasteiger partial charge in [-0.2, -0.15) is 0 Å². The summed E-state index contributed by atoms with van der Waals surface area (Å²) < 4.78 is 26.4. The van der Waals surface area contributed by atoms with Crippen molar-refractivity contribution in [2.75, 3.05) is 6.54 Å². The number of aliphatic hydroxyl groups is 1. The summed E-state index contributed by atoms with van der Waals surface area (Å²) in [4.78, 5) is 0.924. The second-order valence-corrected chi connectivity index (χ2v) is 7.34. The highest BCUT2D eigenvalue weighted by Crippen LogP contribution is 2.19. The molecule has 1 aromatic heterocycles. The smallest absolute Gasteiger partial charge is 0.241 e. The molecule has 0 atom stereocenters. The molecule has 2 N–H and O–H groups in total. The van der Waals surface area contributed by atoms with E-state index in [-0.39, 0.29) is 11.5 Å². The number of thiophene rings is 1. The van der Waals surface area contributed by atoms with Gasteiger partial charge in [0, 0.05) is 16.8 Å². The summed E-state index contributed by atoms with van der Waals surface area (Å²) in [7, 11) is -3.40. The van der Waals surface area contributed by atoms with Gasteiger partial charge in [0.2, 0.25) is 10.0 Å². The zero-order chi connectivity index (χ0) is 14.1. The van der Waals surface area contributed by atoms with Crippen molar-refractivity contribution in [3.63, 3.8) is 0 Å². The number of hydrogen-bond donors (Lipinski definition) is 2. The highest BCUT2D eigenvalue weighted by Gasteiger charge is 2.15. The predicted molar refractivity (Wildman–Crippen MR) is 78.8 cm³/mol. The van der Waals surface area contributed by atoms with Crippen LogP contribution < -0.4 is 4.72 Å². The Morgan fingerprint density at radius 2 is 1.89 bits per heavy atom. The summed E-state index contributed by atoms with van der Waals surface area (Å²) in [5.74, 6) is 0. The van der Waals surface area contributed by atoms with Crippen molar-refractivity contribution >= 4 is 21.4 Å². The van der Waals surface area contributed by atoms with Gasteiger partial charge in [0.1, 0.15) is 0 Å². The Bertz CT molecular complexity index is 454. The van der Waals surface area contributed by atoms with Crippen LogP contribution >= 0.6 is 11.3 Å². The minimum atomic E-state index is -3.40. The number of sulfonamides is 1. The molecule has 110 valence electrons. The van der Waals surface area contributed by atoms with Crippen LogP contribution in [0.1, 0.15) is 50.3 Å². The normalized spacial score (nSPS) is 11.9. The molecule has 0 amide bonds. The molecule has 0 aliphatic rings. The predicted octanol–water partition coefficient (Wildman–Crippen LogP) is 2.88. The molecule has 1 aromatic rings. The average Bonchev–Trinajstić information content (AvgIpc) is 2.87. The molecule has 0 bridgehead atoms. The third kappa shape index (κ3) is 6.03. The molecule has 1 rings (SSSR count). The lowest BCUT2D eigenvalue weighted by Crippen LogP contribution is -2.24. The quantitative estimate of drug-likeness (QED) is 0.653. The molecule has 0 saturated heterocycles. The Morgan fingerprint density at radius 3 is 2.53 bits per heavy atom. The van der Waals surface area contributed by atoms with E-state index < -0.39 is 10.0 Å². The van der Waals surface area contributed by atoms with Crippen LogP contribution in [0.5, 0.6) is 0 Å². The molecule has 1 heterocycles. The molecule has 0 aromatic carbocycles. The summed E-state index contributed by atoms with van der Waals surface area (Å²) in [6, 6.07) is 1.52. The van der Waals surface area contributed by atoms with Crippen LogP contribution in [0.25, 0.3) is 0 Å². The van der Waals surface area contributed by atoms with E-state index >= 15 is 0 Å². The number of nitrogens with one attached hydrogen (secondary N) is 1. The van der Waals surface area contributed by atoms with Gasteiger partial charge in [-0.25, -0.2) is 13.1 Å². The minimum absolute atomic E-state index is 0.113. The number of aliphatic hydroxyl groups excluding tert-OH is 1. The first kappa shape index (κ1) is 16.6. The molecular weight excluding hydrogens is 282 g/mol. The van der Waals surface area contributed by atoms with Crippen LogP contribution in [0, 0.1) is 0 Å². The molecule has 0 saturated carbocycles. The van der Waals surface area contributed by atoms with E-state index in [2.05, 4.69) is 11.6 Å². The second kappa shape index (κ2) is 8.68. The standard InChI is InChI=1S/C13H23NO3S2/c1-2-3-4-5-6-7-8-14-19(16,17)13-9-12(10-15)18-11-13/h9,11,14-15H,2-8,10H2,1H3. The van der Waals surface area contributed by atoms with Crippen molar-refractivity contribution in [3.8, 4) is 0 Å². The van der Waals surface area contributed by atoms with Crippen LogP contribution in [-0.2, 0) is 16.6 Å². The fourth-order valence-corrected chi connectivity index (χ4v) is 3.99. The van der Waals surface area contributed by atoms with Crippen molar-refractivity contribution in [3.05, 3.63) is 16.3 Å². The van der Waals surface area contributed by atoms with Crippen LogP contribution in [0.3, 0.4) is 0 Å². The molecule has 0 spiro atoms. The van der Waals surface area contributed by atoms with Crippen molar-refractivity contribution in [1.82, 2.24) is 4.72 Å². The minimum Gasteiger partial charge on any atom is -0.391 e. The molecule has 6 heteroatoms. The van der Waals surface area contributed by atoms with Gasteiger partial charge >= 0.3 is 0 Å². The Labute approximate surface area is 119 Å². The number of rotatable bonds is 10. The highest BCUT2D eigenvalue weighted by molar-refractivity contribution is 7.89. The molecule has 0 unspecified atom stereocenters. The topological polar surface area (TPSA) is 66.4 Å². The fraction of sp³-hybridized carbons (Fsp3) is 0.692. The van der Waals surface area contributed by atoms with Crippen LogP contribution in [0.2, 0.25) is 0 Å². The number of hydrogen-bond acceptors (Lipinski definition) is 4. The Kier molecular flexibility index (Phi) is 7.60. The maximum absolute atomic E-state index is 11.9. The van der Waals surface area contributed by atoms with Crippen molar-refractivity contribution in [2.45, 2.75) is 57.0 Å². The highest BCUT2D eigenvalue weighted by atomic mass is 32.2. The van der Waals surface area contributed by atoms with Gasteiger partial charge in [-0.05, 0) is 12.5 Å². The van der Waals surface area contributed by atoms with Crippen LogP contribution in [-0.4, -0.2) is 20.1 Å². The van der Waals surface area contributed by atoms with Gasteiger partial charge in [0.05, 0.1) is 11.5 Å². The van der Waals surface area contributed by atoms with Crippen molar-refractivity contribution in [1.29, 1.82) is 0 Å². The van der Waals surface area contributed by atoms with Gasteiger partial charge in [-0.3, -0.25) is 0 Å². The zero-order valence-corrected chi connectivity index (χ0v) is 13.0. The van der Waals surface area contributed by atoms with Gasteiger partial charge < -0.3 is 5.11 Å².